The molecule has 1 unspecified atom stereocenters. The van der Waals surface area contributed by atoms with Gasteiger partial charge in [0.05, 0.1) is 18.4 Å². The third kappa shape index (κ3) is 1.82. The summed E-state index contributed by atoms with van der Waals surface area (Å²) >= 11 is 0. The number of hydrogen-bond donors (Lipinski definition) is 3. The summed E-state index contributed by atoms with van der Waals surface area (Å²) in [7, 11) is 0. The number of aliphatic carboxylic acids is 1. The number of carbonyl (C=O) groups is 1. The second-order valence-electron chi connectivity index (χ2n) is 2.53. The van der Waals surface area contributed by atoms with Crippen LogP contribution in [0, 0.1) is 6.92 Å². The minimum Gasteiger partial charge on any atom is -0.481 e. The highest BCUT2D eigenvalue weighted by Crippen LogP contribution is 2.16. The van der Waals surface area contributed by atoms with Gasteiger partial charge in [0, 0.05) is 5.69 Å². The molecule has 0 amide bonds. The fourth-order valence-electron chi connectivity index (χ4n) is 0.967. The molecule has 0 fully saturated rings. The van der Waals surface area contributed by atoms with E-state index in [0.29, 0.717) is 11.4 Å². The third-order valence-electron chi connectivity index (χ3n) is 1.55. The van der Waals surface area contributed by atoms with Crippen molar-refractivity contribution in [2.75, 3.05) is 0 Å². The Hall–Kier alpha value is -1.36. The van der Waals surface area contributed by atoms with Gasteiger partial charge in [-0.15, -0.1) is 0 Å². The standard InChI is InChI=1S/C7H10N2O3/c1-4-7(9-3-8-4)5(10)2-6(11)12/h3,5,10H,2H2,1H3,(H,8,9)(H,11,12). The van der Waals surface area contributed by atoms with Gasteiger partial charge < -0.3 is 15.2 Å². The van der Waals surface area contributed by atoms with Crippen molar-refractivity contribution in [3.63, 3.8) is 0 Å². The Labute approximate surface area is 69.1 Å². The molecule has 0 bridgehead atoms. The van der Waals surface area contributed by atoms with Crippen LogP contribution in [0.1, 0.15) is 23.9 Å². The third-order valence-corrected chi connectivity index (χ3v) is 1.55. The van der Waals surface area contributed by atoms with Gasteiger partial charge in [0.25, 0.3) is 0 Å². The van der Waals surface area contributed by atoms with Crippen molar-refractivity contribution >= 4 is 5.97 Å². The molecule has 0 aliphatic rings. The van der Waals surface area contributed by atoms with Gasteiger partial charge >= 0.3 is 5.97 Å². The molecule has 5 heteroatoms. The number of aryl methyl sites for hydroxylation is 1. The van der Waals surface area contributed by atoms with Gasteiger partial charge in [0.1, 0.15) is 6.10 Å². The molecule has 3 N–H and O–H groups in total. The Bertz CT molecular complexity index is 282. The number of carboxylic acid groups (broad SMARTS) is 1. The van der Waals surface area contributed by atoms with Crippen LogP contribution >= 0.6 is 0 Å². The molecule has 1 rings (SSSR count). The highest BCUT2D eigenvalue weighted by atomic mass is 16.4. The molecule has 5 nitrogen and oxygen atoms in total. The van der Waals surface area contributed by atoms with Crippen molar-refractivity contribution in [1.29, 1.82) is 0 Å². The molecule has 0 radical (unpaired) electrons. The Balaban J connectivity index is 2.71. The zero-order chi connectivity index (χ0) is 9.14. The predicted molar refractivity (Wildman–Crippen MR) is 40.5 cm³/mol. The summed E-state index contributed by atoms with van der Waals surface area (Å²) in [4.78, 5) is 16.8. The normalized spacial score (nSPS) is 12.8. The van der Waals surface area contributed by atoms with E-state index in [9.17, 15) is 9.90 Å². The summed E-state index contributed by atoms with van der Waals surface area (Å²) in [6, 6.07) is 0. The summed E-state index contributed by atoms with van der Waals surface area (Å²) in [5.74, 6) is -1.04. The topological polar surface area (TPSA) is 86.2 Å². The summed E-state index contributed by atoms with van der Waals surface area (Å²) in [5.41, 5.74) is 1.10. The quantitative estimate of drug-likeness (QED) is 0.605. The smallest absolute Gasteiger partial charge is 0.306 e. The van der Waals surface area contributed by atoms with Crippen molar-refractivity contribution in [3.8, 4) is 0 Å². The van der Waals surface area contributed by atoms with Gasteiger partial charge in [-0.1, -0.05) is 0 Å². The fraction of sp³-hybridized carbons (Fsp3) is 0.429. The molecule has 0 saturated carbocycles. The van der Waals surface area contributed by atoms with E-state index in [1.54, 1.807) is 6.92 Å². The number of rotatable bonds is 3. The van der Waals surface area contributed by atoms with Gasteiger partial charge in [-0.25, -0.2) is 4.98 Å². The van der Waals surface area contributed by atoms with Gasteiger partial charge in [-0.2, -0.15) is 0 Å². The number of nitrogens with one attached hydrogen (secondary N) is 1. The Morgan fingerprint density at radius 2 is 2.50 bits per heavy atom. The van der Waals surface area contributed by atoms with E-state index >= 15 is 0 Å². The van der Waals surface area contributed by atoms with E-state index in [0.717, 1.165) is 0 Å². The molecule has 0 aliphatic carbocycles. The largest absolute Gasteiger partial charge is 0.481 e. The van der Waals surface area contributed by atoms with E-state index in [2.05, 4.69) is 9.97 Å². The molecular weight excluding hydrogens is 160 g/mol. The lowest BCUT2D eigenvalue weighted by Crippen LogP contribution is -2.06. The number of carboxylic acids is 1. The molecule has 0 aromatic carbocycles. The van der Waals surface area contributed by atoms with E-state index in [1.165, 1.54) is 6.33 Å². The molecule has 0 saturated heterocycles. The van der Waals surface area contributed by atoms with Crippen LogP contribution in [-0.4, -0.2) is 26.2 Å². The number of nitrogens with zero attached hydrogens (tertiary/aromatic N) is 1. The van der Waals surface area contributed by atoms with Crippen LogP contribution in [0.15, 0.2) is 6.33 Å². The zero-order valence-electron chi connectivity index (χ0n) is 6.61. The molecule has 0 aliphatic heterocycles. The summed E-state index contributed by atoms with van der Waals surface area (Å²) in [6.07, 6.45) is 0.0929. The van der Waals surface area contributed by atoms with Crippen LogP contribution in [0.2, 0.25) is 0 Å². The van der Waals surface area contributed by atoms with Crippen molar-refractivity contribution in [2.45, 2.75) is 19.4 Å². The van der Waals surface area contributed by atoms with E-state index < -0.39 is 12.1 Å². The van der Waals surface area contributed by atoms with Crippen LogP contribution in [0.5, 0.6) is 0 Å². The first-order valence-corrected chi connectivity index (χ1v) is 3.51. The number of aliphatic hydroxyl groups is 1. The highest BCUT2D eigenvalue weighted by Gasteiger charge is 2.15. The molecule has 1 aromatic heterocycles. The Morgan fingerprint density at radius 1 is 1.83 bits per heavy atom. The van der Waals surface area contributed by atoms with E-state index in [4.69, 9.17) is 5.11 Å². The van der Waals surface area contributed by atoms with Crippen molar-refractivity contribution < 1.29 is 15.0 Å². The number of aliphatic hydroxyl groups excluding tert-OH is 1. The van der Waals surface area contributed by atoms with Gasteiger partial charge in [0.2, 0.25) is 0 Å². The molecule has 0 spiro atoms. The average molecular weight is 170 g/mol. The average Bonchev–Trinajstić information content (AvgIpc) is 2.33. The predicted octanol–water partition coefficient (Wildman–Crippen LogP) is 0.226. The minimum absolute atomic E-state index is 0.314. The molecule has 1 aromatic rings. The fourth-order valence-corrected chi connectivity index (χ4v) is 0.967. The van der Waals surface area contributed by atoms with Crippen LogP contribution in [0.3, 0.4) is 0 Å². The van der Waals surface area contributed by atoms with Gasteiger partial charge in [-0.05, 0) is 6.92 Å². The first-order valence-electron chi connectivity index (χ1n) is 3.51. The maximum absolute atomic E-state index is 10.2. The van der Waals surface area contributed by atoms with Crippen molar-refractivity contribution in [1.82, 2.24) is 9.97 Å². The Kier molecular flexibility index (Phi) is 2.44. The zero-order valence-corrected chi connectivity index (χ0v) is 6.61. The minimum atomic E-state index is -1.04. The lowest BCUT2D eigenvalue weighted by Gasteiger charge is -2.04. The maximum atomic E-state index is 10.2. The van der Waals surface area contributed by atoms with Crippen molar-refractivity contribution in [2.24, 2.45) is 0 Å². The van der Waals surface area contributed by atoms with Crippen LogP contribution in [-0.2, 0) is 4.79 Å². The number of aromatic amines is 1. The molecule has 1 atom stereocenters. The number of H-pyrrole nitrogens is 1. The lowest BCUT2D eigenvalue weighted by molar-refractivity contribution is -0.139. The first-order chi connectivity index (χ1) is 5.61. The van der Waals surface area contributed by atoms with E-state index in [1.807, 2.05) is 0 Å². The summed E-state index contributed by atoms with van der Waals surface area (Å²) < 4.78 is 0. The van der Waals surface area contributed by atoms with Gasteiger partial charge in [0.15, 0.2) is 0 Å². The monoisotopic (exact) mass is 170 g/mol. The SMILES string of the molecule is Cc1[nH]cnc1C(O)CC(=O)O. The number of imidazole rings is 1. The van der Waals surface area contributed by atoms with Crippen LogP contribution in [0.25, 0.3) is 0 Å². The summed E-state index contributed by atoms with van der Waals surface area (Å²) in [6.45, 7) is 1.73. The van der Waals surface area contributed by atoms with Crippen molar-refractivity contribution in [3.05, 3.63) is 17.7 Å². The molecule has 1 heterocycles. The second-order valence-corrected chi connectivity index (χ2v) is 2.53. The molecule has 12 heavy (non-hydrogen) atoms. The van der Waals surface area contributed by atoms with Gasteiger partial charge in [-0.3, -0.25) is 4.79 Å². The lowest BCUT2D eigenvalue weighted by atomic mass is 10.1. The summed E-state index contributed by atoms with van der Waals surface area (Å²) in [5, 5.41) is 17.7. The second kappa shape index (κ2) is 3.36. The number of hydrogen-bond acceptors (Lipinski definition) is 3. The molecule has 66 valence electrons. The Morgan fingerprint density at radius 3 is 2.92 bits per heavy atom. The molecular formula is C7H10N2O3. The van der Waals surface area contributed by atoms with Crippen LogP contribution in [0.4, 0.5) is 0 Å². The maximum Gasteiger partial charge on any atom is 0.306 e. The number of aromatic nitrogens is 2. The highest BCUT2D eigenvalue weighted by molar-refractivity contribution is 5.67. The first kappa shape index (κ1) is 8.73. The van der Waals surface area contributed by atoms with E-state index in [-0.39, 0.29) is 6.42 Å². The van der Waals surface area contributed by atoms with Crippen LogP contribution < -0.4 is 0 Å².